The van der Waals surface area contributed by atoms with Gasteiger partial charge in [0.1, 0.15) is 0 Å². The van der Waals surface area contributed by atoms with Gasteiger partial charge in [-0.2, -0.15) is 17.7 Å². The number of hydrogen-bond acceptors (Lipinski definition) is 2. The monoisotopic (exact) mass is 161 g/mol. The van der Waals surface area contributed by atoms with E-state index in [1.54, 1.807) is 0 Å². The smallest absolute Gasteiger partial charge is 0.192 e. The molecule has 7 heteroatoms. The quantitative estimate of drug-likeness (QED) is 0.495. The fourth-order valence-electron chi connectivity index (χ4n) is 0.103. The first-order valence-corrected chi connectivity index (χ1v) is 2.72. The van der Waals surface area contributed by atoms with Gasteiger partial charge in [0.05, 0.1) is 0 Å². The lowest BCUT2D eigenvalue weighted by atomic mass is 11.0. The summed E-state index contributed by atoms with van der Waals surface area (Å²) in [6, 6.07) is -2.32. The SMILES string of the molecule is O=[P+](O)OC(F)=C(F)F. The molecule has 0 rings (SSSR count). The Kier molecular flexibility index (Phi) is 3.19. The highest BCUT2D eigenvalue weighted by Gasteiger charge is 2.21. The van der Waals surface area contributed by atoms with Gasteiger partial charge in [0, 0.05) is 4.57 Å². The summed E-state index contributed by atoms with van der Waals surface area (Å²) in [4.78, 5) is 7.65. The topological polar surface area (TPSA) is 46.5 Å². The highest BCUT2D eigenvalue weighted by atomic mass is 31.1. The first kappa shape index (κ1) is 8.39. The highest BCUT2D eigenvalue weighted by molar-refractivity contribution is 7.32. The highest BCUT2D eigenvalue weighted by Crippen LogP contribution is 2.24. The van der Waals surface area contributed by atoms with Crippen LogP contribution in [0.5, 0.6) is 0 Å². The van der Waals surface area contributed by atoms with Crippen LogP contribution in [0.3, 0.4) is 0 Å². The van der Waals surface area contributed by atoms with E-state index in [1.165, 1.54) is 0 Å². The molecule has 0 aromatic carbocycles. The first-order chi connectivity index (χ1) is 4.04. The standard InChI is InChI=1S/C2F3O3P/c3-1(4)2(5)8-9(6)7/p+1. The van der Waals surface area contributed by atoms with Crippen molar-refractivity contribution in [2.75, 3.05) is 0 Å². The maximum absolute atomic E-state index is 11.3. The second-order valence-electron chi connectivity index (χ2n) is 0.863. The molecule has 1 N–H and O–H groups in total. The first-order valence-electron chi connectivity index (χ1n) is 1.59. The summed E-state index contributed by atoms with van der Waals surface area (Å²) in [5.74, 6) is 0. The normalized spacial score (nSPS) is 10.4. The molecule has 0 spiro atoms. The van der Waals surface area contributed by atoms with Crippen LogP contribution in [0, 0.1) is 0 Å². The van der Waals surface area contributed by atoms with Gasteiger partial charge in [0.25, 0.3) is 0 Å². The average molecular weight is 161 g/mol. The lowest BCUT2D eigenvalue weighted by Gasteiger charge is -1.78. The van der Waals surface area contributed by atoms with Gasteiger partial charge in [-0.1, -0.05) is 0 Å². The van der Waals surface area contributed by atoms with Gasteiger partial charge in [-0.05, 0) is 0 Å². The molecule has 0 aliphatic heterocycles. The van der Waals surface area contributed by atoms with E-state index in [0.29, 0.717) is 0 Å². The molecule has 1 atom stereocenters. The van der Waals surface area contributed by atoms with Crippen LogP contribution in [-0.2, 0) is 9.09 Å². The van der Waals surface area contributed by atoms with Gasteiger partial charge < -0.3 is 0 Å². The Hall–Kier alpha value is -0.610. The van der Waals surface area contributed by atoms with Crippen molar-refractivity contribution in [1.82, 2.24) is 0 Å². The van der Waals surface area contributed by atoms with Crippen LogP contribution in [0.2, 0.25) is 0 Å². The van der Waals surface area contributed by atoms with Crippen LogP contribution in [0.25, 0.3) is 0 Å². The minimum atomic E-state index is -3.34. The zero-order valence-corrected chi connectivity index (χ0v) is 4.74. The van der Waals surface area contributed by atoms with E-state index in [-0.39, 0.29) is 0 Å². The fraction of sp³-hybridized carbons (Fsp3) is 0. The maximum Gasteiger partial charge on any atom is 0.750 e. The minimum absolute atomic E-state index is 2.32. The van der Waals surface area contributed by atoms with Gasteiger partial charge in [-0.25, -0.2) is 0 Å². The number of hydrogen-bond donors (Lipinski definition) is 1. The van der Waals surface area contributed by atoms with Crippen molar-refractivity contribution in [3.63, 3.8) is 0 Å². The Morgan fingerprint density at radius 3 is 2.00 bits per heavy atom. The molecule has 0 aromatic rings. The Balaban J connectivity index is 3.92. The summed E-state index contributed by atoms with van der Waals surface area (Å²) < 4.78 is 45.7. The van der Waals surface area contributed by atoms with E-state index in [0.717, 1.165) is 0 Å². The van der Waals surface area contributed by atoms with Crippen LogP contribution in [-0.4, -0.2) is 4.89 Å². The molecule has 0 heterocycles. The maximum atomic E-state index is 11.3. The summed E-state index contributed by atoms with van der Waals surface area (Å²) in [6.07, 6.45) is -2.76. The summed E-state index contributed by atoms with van der Waals surface area (Å²) in [5, 5.41) is 0. The van der Waals surface area contributed by atoms with Crippen molar-refractivity contribution in [2.24, 2.45) is 0 Å². The largest absolute Gasteiger partial charge is 0.750 e. The summed E-state index contributed by atoms with van der Waals surface area (Å²) in [5.41, 5.74) is 0. The van der Waals surface area contributed by atoms with E-state index in [1.807, 2.05) is 0 Å². The van der Waals surface area contributed by atoms with E-state index in [4.69, 9.17) is 4.89 Å². The Bertz CT molecular complexity index is 151. The van der Waals surface area contributed by atoms with Crippen molar-refractivity contribution in [2.45, 2.75) is 0 Å². The molecule has 0 aliphatic carbocycles. The predicted molar refractivity (Wildman–Crippen MR) is 21.3 cm³/mol. The molecule has 0 saturated carbocycles. The summed E-state index contributed by atoms with van der Waals surface area (Å²) in [6.45, 7) is 0. The van der Waals surface area contributed by atoms with E-state index in [9.17, 15) is 17.7 Å². The second kappa shape index (κ2) is 3.42. The van der Waals surface area contributed by atoms with Crippen LogP contribution < -0.4 is 0 Å². The van der Waals surface area contributed by atoms with Gasteiger partial charge in [0.2, 0.25) is 0 Å². The van der Waals surface area contributed by atoms with Gasteiger partial charge >= 0.3 is 20.3 Å². The average Bonchev–Trinajstić information content (AvgIpc) is 1.63. The molecule has 9 heavy (non-hydrogen) atoms. The minimum Gasteiger partial charge on any atom is -0.192 e. The van der Waals surface area contributed by atoms with Crippen molar-refractivity contribution in [3.8, 4) is 0 Å². The molecular formula is C2HF3O3P+. The molecule has 0 amide bonds. The molecule has 0 aliphatic rings. The van der Waals surface area contributed by atoms with Crippen molar-refractivity contribution in [3.05, 3.63) is 12.1 Å². The predicted octanol–water partition coefficient (Wildman–Crippen LogP) is 1.69. The molecule has 3 nitrogen and oxygen atoms in total. The van der Waals surface area contributed by atoms with Gasteiger partial charge in [-0.15, -0.1) is 4.89 Å². The van der Waals surface area contributed by atoms with Crippen LogP contribution in [0.1, 0.15) is 0 Å². The van der Waals surface area contributed by atoms with Crippen molar-refractivity contribution in [1.29, 1.82) is 0 Å². The summed E-state index contributed by atoms with van der Waals surface area (Å²) >= 11 is 0. The molecule has 52 valence electrons. The molecule has 0 fully saturated rings. The lowest BCUT2D eigenvalue weighted by Crippen LogP contribution is -1.75. The molecule has 0 saturated heterocycles. The van der Waals surface area contributed by atoms with Crippen LogP contribution >= 0.6 is 8.25 Å². The fourth-order valence-corrected chi connectivity index (χ4v) is 0.309. The van der Waals surface area contributed by atoms with E-state index in [2.05, 4.69) is 4.52 Å². The second-order valence-corrected chi connectivity index (χ2v) is 1.52. The van der Waals surface area contributed by atoms with E-state index >= 15 is 0 Å². The Morgan fingerprint density at radius 1 is 1.44 bits per heavy atom. The van der Waals surface area contributed by atoms with E-state index < -0.39 is 20.3 Å². The van der Waals surface area contributed by atoms with Gasteiger partial charge in [0.15, 0.2) is 0 Å². The Morgan fingerprint density at radius 2 is 1.89 bits per heavy atom. The molecule has 0 radical (unpaired) electrons. The van der Waals surface area contributed by atoms with Crippen molar-refractivity contribution < 1.29 is 27.2 Å². The zero-order chi connectivity index (χ0) is 7.44. The summed E-state index contributed by atoms with van der Waals surface area (Å²) in [7, 11) is -3.34. The number of halogens is 3. The lowest BCUT2D eigenvalue weighted by molar-refractivity contribution is 0.228. The third kappa shape index (κ3) is 3.93. The van der Waals surface area contributed by atoms with Crippen LogP contribution in [0.15, 0.2) is 12.1 Å². The molecule has 0 aromatic heterocycles. The van der Waals surface area contributed by atoms with Crippen LogP contribution in [0.4, 0.5) is 13.2 Å². The third-order valence-electron chi connectivity index (χ3n) is 0.307. The molecule has 1 unspecified atom stereocenters. The molecule has 0 bridgehead atoms. The third-order valence-corrected chi connectivity index (χ3v) is 0.623. The van der Waals surface area contributed by atoms with Crippen molar-refractivity contribution >= 4 is 8.25 Å². The molecular weight excluding hydrogens is 160 g/mol. The Labute approximate surface area is 48.7 Å². The van der Waals surface area contributed by atoms with Gasteiger partial charge in [-0.3, -0.25) is 0 Å². The number of rotatable bonds is 2. The zero-order valence-electron chi connectivity index (χ0n) is 3.84.